The number of hydrogen-bond acceptors (Lipinski definition) is 3. The van der Waals surface area contributed by atoms with Gasteiger partial charge in [-0.2, -0.15) is 0 Å². The predicted octanol–water partition coefficient (Wildman–Crippen LogP) is 5.39. The van der Waals surface area contributed by atoms with Crippen molar-refractivity contribution in [1.82, 2.24) is 5.32 Å². The van der Waals surface area contributed by atoms with Gasteiger partial charge in [-0.15, -0.1) is 0 Å². The Labute approximate surface area is 144 Å². The molecule has 0 fully saturated rings. The fourth-order valence-electron chi connectivity index (χ4n) is 2.42. The largest absolute Gasteiger partial charge is 0.382 e. The zero-order valence-corrected chi connectivity index (χ0v) is 14.2. The van der Waals surface area contributed by atoms with E-state index >= 15 is 0 Å². The fourth-order valence-corrected chi connectivity index (χ4v) is 3.74. The minimum atomic E-state index is -0.405. The molecular formula is C18H16ClFN2S. The van der Waals surface area contributed by atoms with E-state index in [1.54, 1.807) is 11.8 Å². The topological polar surface area (TPSA) is 24.4 Å². The summed E-state index contributed by atoms with van der Waals surface area (Å²) in [7, 11) is 0. The molecule has 0 amide bonds. The number of fused-ring (bicyclic) bond motifs is 2. The van der Waals surface area contributed by atoms with Gasteiger partial charge in [-0.3, -0.25) is 0 Å². The first-order valence-electron chi connectivity index (χ1n) is 7.35. The van der Waals surface area contributed by atoms with Gasteiger partial charge in [0.1, 0.15) is 11.8 Å². The monoisotopic (exact) mass is 346 g/mol. The lowest BCUT2D eigenvalue weighted by molar-refractivity contribution is 0.489. The molecule has 0 saturated heterocycles. The van der Waals surface area contributed by atoms with Crippen LogP contribution in [-0.4, -0.2) is 18.4 Å². The molecule has 0 aromatic heterocycles. The number of nitrogens with zero attached hydrogens (tertiary/aromatic N) is 1. The zero-order chi connectivity index (χ0) is 16.2. The summed E-state index contributed by atoms with van der Waals surface area (Å²) < 4.78 is 12.4. The number of hydrogen-bond donors (Lipinski definition) is 1. The van der Waals surface area contributed by atoms with Gasteiger partial charge in [-0.25, -0.2) is 9.38 Å². The summed E-state index contributed by atoms with van der Waals surface area (Å²) in [6, 6.07) is 14.0. The SMILES string of the molecule is C/C=C(/NCCF)c1ccc2c(c1)N=C(Cl)c1ccccc1S2. The van der Waals surface area contributed by atoms with Crippen molar-refractivity contribution in [1.29, 1.82) is 0 Å². The maximum atomic E-state index is 12.4. The van der Waals surface area contributed by atoms with E-state index < -0.39 is 6.67 Å². The molecule has 0 aliphatic carbocycles. The molecular weight excluding hydrogens is 331 g/mol. The Hall–Kier alpha value is -1.78. The number of rotatable bonds is 4. The van der Waals surface area contributed by atoms with Gasteiger partial charge in [0.25, 0.3) is 0 Å². The first kappa shape index (κ1) is 16.1. The van der Waals surface area contributed by atoms with Gasteiger partial charge in [0, 0.05) is 27.6 Å². The summed E-state index contributed by atoms with van der Waals surface area (Å²) in [5.41, 5.74) is 3.64. The minimum absolute atomic E-state index is 0.293. The third kappa shape index (κ3) is 3.43. The summed E-state index contributed by atoms with van der Waals surface area (Å²) >= 11 is 8.04. The highest BCUT2D eigenvalue weighted by Crippen LogP contribution is 2.41. The summed E-state index contributed by atoms with van der Waals surface area (Å²) in [5.74, 6) is 0. The number of nitrogens with one attached hydrogen (secondary N) is 1. The summed E-state index contributed by atoms with van der Waals surface area (Å²) in [5, 5.41) is 3.57. The Kier molecular flexibility index (Phi) is 5.03. The van der Waals surface area contributed by atoms with Crippen molar-refractivity contribution < 1.29 is 4.39 Å². The third-order valence-corrected chi connectivity index (χ3v) is 4.95. The lowest BCUT2D eigenvalue weighted by Gasteiger charge is -2.11. The number of benzene rings is 2. The van der Waals surface area contributed by atoms with Crippen LogP contribution in [0, 0.1) is 0 Å². The Bertz CT molecular complexity index is 786. The van der Waals surface area contributed by atoms with Crippen molar-refractivity contribution in [2.45, 2.75) is 16.7 Å². The molecule has 1 heterocycles. The van der Waals surface area contributed by atoms with Gasteiger partial charge in [-0.1, -0.05) is 53.7 Å². The average Bonchev–Trinajstić information content (AvgIpc) is 2.71. The van der Waals surface area contributed by atoms with E-state index in [1.165, 1.54) is 0 Å². The lowest BCUT2D eigenvalue weighted by atomic mass is 10.1. The molecule has 118 valence electrons. The Morgan fingerprint density at radius 3 is 2.87 bits per heavy atom. The molecule has 2 aromatic carbocycles. The first-order valence-corrected chi connectivity index (χ1v) is 8.54. The van der Waals surface area contributed by atoms with E-state index in [1.807, 2.05) is 55.5 Å². The van der Waals surface area contributed by atoms with Crippen LogP contribution in [0.1, 0.15) is 18.1 Å². The lowest BCUT2D eigenvalue weighted by Crippen LogP contribution is -2.14. The summed E-state index contributed by atoms with van der Waals surface area (Å²) in [6.07, 6.45) is 1.93. The Morgan fingerprint density at radius 2 is 2.09 bits per heavy atom. The van der Waals surface area contributed by atoms with Gasteiger partial charge in [0.2, 0.25) is 0 Å². The highest BCUT2D eigenvalue weighted by Gasteiger charge is 2.16. The molecule has 2 aromatic rings. The minimum Gasteiger partial charge on any atom is -0.382 e. The summed E-state index contributed by atoms with van der Waals surface area (Å²) in [4.78, 5) is 6.72. The molecule has 0 atom stereocenters. The Morgan fingerprint density at radius 1 is 1.26 bits per heavy atom. The molecule has 0 spiro atoms. The van der Waals surface area contributed by atoms with Gasteiger partial charge < -0.3 is 5.32 Å². The van der Waals surface area contributed by atoms with Gasteiger partial charge >= 0.3 is 0 Å². The molecule has 0 radical (unpaired) electrons. The molecule has 23 heavy (non-hydrogen) atoms. The quantitative estimate of drug-likeness (QED) is 0.802. The molecule has 0 saturated carbocycles. The first-order chi connectivity index (χ1) is 11.2. The third-order valence-electron chi connectivity index (χ3n) is 3.52. The van der Waals surface area contributed by atoms with Crippen LogP contribution in [0.5, 0.6) is 0 Å². The van der Waals surface area contributed by atoms with E-state index in [0.29, 0.717) is 11.7 Å². The van der Waals surface area contributed by atoms with E-state index in [-0.39, 0.29) is 0 Å². The standard InChI is InChI=1S/C18H16ClFN2S/c1-2-14(21-10-9-20)12-7-8-17-15(11-12)22-18(19)13-5-3-4-6-16(13)23-17/h2-8,11,21H,9-10H2,1H3/b14-2+. The van der Waals surface area contributed by atoms with Crippen molar-refractivity contribution in [2.75, 3.05) is 13.2 Å². The van der Waals surface area contributed by atoms with Crippen LogP contribution in [0.2, 0.25) is 0 Å². The van der Waals surface area contributed by atoms with Gasteiger partial charge in [0.15, 0.2) is 0 Å². The zero-order valence-electron chi connectivity index (χ0n) is 12.6. The summed E-state index contributed by atoms with van der Waals surface area (Å²) in [6.45, 7) is 1.81. The Balaban J connectivity index is 2.01. The molecule has 1 N–H and O–H groups in total. The molecule has 0 bridgehead atoms. The van der Waals surface area contributed by atoms with Crippen LogP contribution in [0.4, 0.5) is 10.1 Å². The maximum Gasteiger partial charge on any atom is 0.138 e. The van der Waals surface area contributed by atoms with E-state index in [9.17, 15) is 4.39 Å². The molecule has 5 heteroatoms. The molecule has 1 aliphatic heterocycles. The fraction of sp³-hybridized carbons (Fsp3) is 0.167. The number of aliphatic imine (C=N–C) groups is 1. The normalized spacial score (nSPS) is 13.7. The number of allylic oxidation sites excluding steroid dienone is 1. The second kappa shape index (κ2) is 7.20. The van der Waals surface area contributed by atoms with Crippen molar-refractivity contribution in [3.05, 3.63) is 59.7 Å². The van der Waals surface area contributed by atoms with Gasteiger partial charge in [-0.05, 0) is 30.7 Å². The predicted molar refractivity (Wildman–Crippen MR) is 96.7 cm³/mol. The maximum absolute atomic E-state index is 12.4. The van der Waals surface area contributed by atoms with Crippen LogP contribution < -0.4 is 5.32 Å². The van der Waals surface area contributed by atoms with Gasteiger partial charge in [0.05, 0.1) is 5.69 Å². The van der Waals surface area contributed by atoms with Crippen molar-refractivity contribution in [3.63, 3.8) is 0 Å². The highest BCUT2D eigenvalue weighted by atomic mass is 35.5. The van der Waals surface area contributed by atoms with Crippen molar-refractivity contribution in [3.8, 4) is 0 Å². The van der Waals surface area contributed by atoms with Crippen molar-refractivity contribution >= 4 is 39.9 Å². The van der Waals surface area contributed by atoms with E-state index in [0.717, 1.165) is 32.3 Å². The van der Waals surface area contributed by atoms with Crippen LogP contribution in [0.3, 0.4) is 0 Å². The smallest absolute Gasteiger partial charge is 0.138 e. The van der Waals surface area contributed by atoms with Crippen LogP contribution in [0.15, 0.2) is 63.3 Å². The molecule has 3 rings (SSSR count). The molecule has 0 unspecified atom stereocenters. The molecule has 1 aliphatic rings. The number of alkyl halides is 1. The van der Waals surface area contributed by atoms with Crippen LogP contribution in [-0.2, 0) is 0 Å². The second-order valence-corrected chi connectivity index (χ2v) is 6.44. The van der Waals surface area contributed by atoms with E-state index in [4.69, 9.17) is 11.6 Å². The molecule has 2 nitrogen and oxygen atoms in total. The number of halogens is 2. The highest BCUT2D eigenvalue weighted by molar-refractivity contribution is 7.99. The second-order valence-electron chi connectivity index (χ2n) is 5.00. The van der Waals surface area contributed by atoms with Crippen molar-refractivity contribution in [2.24, 2.45) is 4.99 Å². The van der Waals surface area contributed by atoms with Crippen LogP contribution in [0.25, 0.3) is 5.70 Å². The van der Waals surface area contributed by atoms with E-state index in [2.05, 4.69) is 10.3 Å². The average molecular weight is 347 g/mol. The van der Waals surface area contributed by atoms with Crippen LogP contribution >= 0.6 is 23.4 Å².